The topological polar surface area (TPSA) is 50.7 Å². The summed E-state index contributed by atoms with van der Waals surface area (Å²) in [6.45, 7) is 6.57. The number of hydrogen-bond acceptors (Lipinski definition) is 4. The lowest BCUT2D eigenvalue weighted by Gasteiger charge is -2.22. The molecule has 1 aliphatic heterocycles. The smallest absolute Gasteiger partial charge is 0.0831 e. The van der Waals surface area contributed by atoms with Gasteiger partial charge >= 0.3 is 0 Å². The van der Waals surface area contributed by atoms with Gasteiger partial charge in [0.25, 0.3) is 0 Å². The summed E-state index contributed by atoms with van der Waals surface area (Å²) < 4.78 is 11.1. The van der Waals surface area contributed by atoms with Crippen LogP contribution in [0.5, 0.6) is 0 Å². The largest absolute Gasteiger partial charge is 0.392 e. The summed E-state index contributed by atoms with van der Waals surface area (Å²) in [6.07, 6.45) is 1.26. The van der Waals surface area contributed by atoms with E-state index in [1.54, 1.807) is 0 Å². The summed E-state index contributed by atoms with van der Waals surface area (Å²) in [5.74, 6) is 0. The van der Waals surface area contributed by atoms with Crippen LogP contribution in [0, 0.1) is 0 Å². The van der Waals surface area contributed by atoms with Crippen LogP contribution in [0.3, 0.4) is 0 Å². The molecule has 4 heteroatoms. The van der Waals surface area contributed by atoms with Crippen molar-refractivity contribution in [2.75, 3.05) is 19.8 Å². The van der Waals surface area contributed by atoms with Gasteiger partial charge in [-0.2, -0.15) is 0 Å². The van der Waals surface area contributed by atoms with Crippen molar-refractivity contribution >= 4 is 0 Å². The Morgan fingerprint density at radius 3 is 3.00 bits per heavy atom. The Morgan fingerprint density at radius 1 is 1.45 bits per heavy atom. The SMILES string of the molecule is CC(COC1CCOC1)NC(C)c1cccc(CO)c1. The zero-order valence-electron chi connectivity index (χ0n) is 12.3. The van der Waals surface area contributed by atoms with E-state index in [9.17, 15) is 5.11 Å². The van der Waals surface area contributed by atoms with Crippen molar-refractivity contribution in [3.63, 3.8) is 0 Å². The molecule has 4 nitrogen and oxygen atoms in total. The van der Waals surface area contributed by atoms with Gasteiger partial charge < -0.3 is 19.9 Å². The minimum atomic E-state index is 0.0842. The number of ether oxygens (including phenoxy) is 2. The van der Waals surface area contributed by atoms with Gasteiger partial charge in [-0.05, 0) is 31.4 Å². The standard InChI is InChI=1S/C16H25NO3/c1-12(10-20-16-6-7-19-11-16)17-13(2)15-5-3-4-14(8-15)9-18/h3-5,8,12-13,16-18H,6-7,9-11H2,1-2H3. The van der Waals surface area contributed by atoms with Crippen LogP contribution in [0.15, 0.2) is 24.3 Å². The van der Waals surface area contributed by atoms with Gasteiger partial charge in [-0.25, -0.2) is 0 Å². The van der Waals surface area contributed by atoms with Crippen LogP contribution in [0.2, 0.25) is 0 Å². The highest BCUT2D eigenvalue weighted by atomic mass is 16.5. The lowest BCUT2D eigenvalue weighted by Crippen LogP contribution is -2.34. The molecule has 0 spiro atoms. The van der Waals surface area contributed by atoms with Crippen molar-refractivity contribution in [1.29, 1.82) is 0 Å². The normalized spacial score (nSPS) is 21.9. The maximum atomic E-state index is 9.18. The average molecular weight is 279 g/mol. The molecule has 0 saturated carbocycles. The summed E-state index contributed by atoms with van der Waals surface area (Å²) in [4.78, 5) is 0. The molecule has 1 aromatic rings. The van der Waals surface area contributed by atoms with E-state index >= 15 is 0 Å². The van der Waals surface area contributed by atoms with E-state index in [0.717, 1.165) is 25.2 Å². The monoisotopic (exact) mass is 279 g/mol. The van der Waals surface area contributed by atoms with Gasteiger partial charge in [-0.3, -0.25) is 0 Å². The third kappa shape index (κ3) is 4.56. The van der Waals surface area contributed by atoms with Crippen LogP contribution in [0.4, 0.5) is 0 Å². The van der Waals surface area contributed by atoms with E-state index in [1.165, 1.54) is 5.56 Å². The fourth-order valence-electron chi connectivity index (χ4n) is 2.46. The van der Waals surface area contributed by atoms with Crippen molar-refractivity contribution in [3.8, 4) is 0 Å². The summed E-state index contributed by atoms with van der Waals surface area (Å²) in [5.41, 5.74) is 2.13. The first-order valence-electron chi connectivity index (χ1n) is 7.34. The average Bonchev–Trinajstić information content (AvgIpc) is 2.98. The number of benzene rings is 1. The molecule has 1 saturated heterocycles. The molecule has 0 aromatic heterocycles. The second kappa shape index (κ2) is 7.74. The highest BCUT2D eigenvalue weighted by Crippen LogP contribution is 2.15. The Labute approximate surface area is 121 Å². The summed E-state index contributed by atoms with van der Waals surface area (Å²) in [5, 5.41) is 12.7. The van der Waals surface area contributed by atoms with Gasteiger partial charge in [0.05, 0.1) is 25.9 Å². The minimum Gasteiger partial charge on any atom is -0.392 e. The van der Waals surface area contributed by atoms with Gasteiger partial charge in [0.2, 0.25) is 0 Å². The van der Waals surface area contributed by atoms with E-state index in [2.05, 4.69) is 25.2 Å². The van der Waals surface area contributed by atoms with E-state index in [0.29, 0.717) is 6.61 Å². The number of aliphatic hydroxyl groups excluding tert-OH is 1. The predicted octanol–water partition coefficient (Wildman–Crippen LogP) is 2.02. The maximum Gasteiger partial charge on any atom is 0.0831 e. The Bertz CT molecular complexity index is 404. The highest BCUT2D eigenvalue weighted by molar-refractivity contribution is 5.25. The second-order valence-corrected chi connectivity index (χ2v) is 5.51. The highest BCUT2D eigenvalue weighted by Gasteiger charge is 2.17. The van der Waals surface area contributed by atoms with Crippen LogP contribution in [0.1, 0.15) is 37.4 Å². The van der Waals surface area contributed by atoms with Crippen molar-refractivity contribution in [2.45, 2.75) is 45.1 Å². The molecule has 1 fully saturated rings. The van der Waals surface area contributed by atoms with Gasteiger partial charge in [0.15, 0.2) is 0 Å². The molecule has 3 unspecified atom stereocenters. The van der Waals surface area contributed by atoms with Gasteiger partial charge in [-0.1, -0.05) is 24.3 Å². The molecule has 0 amide bonds. The number of rotatable bonds is 7. The van der Waals surface area contributed by atoms with E-state index in [4.69, 9.17) is 9.47 Å². The molecule has 2 N–H and O–H groups in total. The van der Waals surface area contributed by atoms with Crippen molar-refractivity contribution in [1.82, 2.24) is 5.32 Å². The van der Waals surface area contributed by atoms with E-state index in [1.807, 2.05) is 18.2 Å². The molecule has 0 bridgehead atoms. The first-order valence-corrected chi connectivity index (χ1v) is 7.34. The predicted molar refractivity (Wildman–Crippen MR) is 78.6 cm³/mol. The molecule has 2 rings (SSSR count). The Balaban J connectivity index is 1.78. The van der Waals surface area contributed by atoms with Crippen LogP contribution in [0.25, 0.3) is 0 Å². The Hall–Kier alpha value is -0.940. The number of aliphatic hydroxyl groups is 1. The molecular weight excluding hydrogens is 254 g/mol. The molecule has 1 aromatic carbocycles. The molecule has 112 valence electrons. The quantitative estimate of drug-likeness (QED) is 0.802. The van der Waals surface area contributed by atoms with Crippen molar-refractivity contribution in [2.24, 2.45) is 0 Å². The zero-order valence-corrected chi connectivity index (χ0v) is 12.3. The lowest BCUT2D eigenvalue weighted by molar-refractivity contribution is 0.0311. The first kappa shape index (κ1) is 15.4. The van der Waals surface area contributed by atoms with Gasteiger partial charge in [0.1, 0.15) is 0 Å². The molecule has 1 heterocycles. The van der Waals surface area contributed by atoms with Crippen LogP contribution >= 0.6 is 0 Å². The molecular formula is C16H25NO3. The molecule has 0 aliphatic carbocycles. The Kier molecular flexibility index (Phi) is 5.98. The molecule has 0 radical (unpaired) electrons. The number of nitrogens with one attached hydrogen (secondary N) is 1. The van der Waals surface area contributed by atoms with Crippen LogP contribution in [-0.4, -0.2) is 37.1 Å². The van der Waals surface area contributed by atoms with Crippen molar-refractivity contribution < 1.29 is 14.6 Å². The lowest BCUT2D eigenvalue weighted by atomic mass is 10.0. The third-order valence-corrected chi connectivity index (χ3v) is 3.64. The second-order valence-electron chi connectivity index (χ2n) is 5.51. The van der Waals surface area contributed by atoms with Crippen molar-refractivity contribution in [3.05, 3.63) is 35.4 Å². The fourth-order valence-corrected chi connectivity index (χ4v) is 2.46. The van der Waals surface area contributed by atoms with E-state index < -0.39 is 0 Å². The first-order chi connectivity index (χ1) is 9.69. The molecule has 20 heavy (non-hydrogen) atoms. The van der Waals surface area contributed by atoms with Gasteiger partial charge in [0, 0.05) is 18.7 Å². The summed E-state index contributed by atoms with van der Waals surface area (Å²) in [6, 6.07) is 8.55. The molecule has 1 aliphatic rings. The maximum absolute atomic E-state index is 9.18. The van der Waals surface area contributed by atoms with Gasteiger partial charge in [-0.15, -0.1) is 0 Å². The van der Waals surface area contributed by atoms with Crippen LogP contribution in [-0.2, 0) is 16.1 Å². The summed E-state index contributed by atoms with van der Waals surface area (Å²) in [7, 11) is 0. The third-order valence-electron chi connectivity index (χ3n) is 3.64. The number of hydrogen-bond donors (Lipinski definition) is 2. The zero-order chi connectivity index (χ0) is 14.4. The van der Waals surface area contributed by atoms with E-state index in [-0.39, 0.29) is 24.8 Å². The minimum absolute atomic E-state index is 0.0842. The van der Waals surface area contributed by atoms with Crippen LogP contribution < -0.4 is 5.32 Å². The summed E-state index contributed by atoms with van der Waals surface area (Å²) >= 11 is 0. The Morgan fingerprint density at radius 2 is 2.30 bits per heavy atom. The molecule has 3 atom stereocenters. The fraction of sp³-hybridized carbons (Fsp3) is 0.625.